The smallest absolute Gasteiger partial charge is 0.255 e. The van der Waals surface area contributed by atoms with Crippen molar-refractivity contribution in [2.45, 2.75) is 6.61 Å². The van der Waals surface area contributed by atoms with Crippen molar-refractivity contribution in [3.05, 3.63) is 64.4 Å². The summed E-state index contributed by atoms with van der Waals surface area (Å²) >= 11 is 5.67. The molecular weight excluding hydrogens is 281 g/mol. The van der Waals surface area contributed by atoms with Gasteiger partial charge in [0, 0.05) is 18.4 Å². The lowest BCUT2D eigenvalue weighted by atomic mass is 10.1. The van der Waals surface area contributed by atoms with Crippen LogP contribution < -0.4 is 5.32 Å². The van der Waals surface area contributed by atoms with Crippen LogP contribution in [0.25, 0.3) is 0 Å². The van der Waals surface area contributed by atoms with E-state index in [1.54, 1.807) is 25.3 Å². The van der Waals surface area contributed by atoms with Crippen molar-refractivity contribution in [1.29, 1.82) is 0 Å². The highest BCUT2D eigenvalue weighted by molar-refractivity contribution is 6.31. The molecule has 104 valence electrons. The summed E-state index contributed by atoms with van der Waals surface area (Å²) in [6.45, 7) is 0.434. The molecule has 0 fully saturated rings. The summed E-state index contributed by atoms with van der Waals surface area (Å²) in [6.07, 6.45) is 0. The van der Waals surface area contributed by atoms with Gasteiger partial charge in [-0.15, -0.1) is 0 Å². The van der Waals surface area contributed by atoms with Gasteiger partial charge in [0.05, 0.1) is 11.6 Å². The zero-order valence-corrected chi connectivity index (χ0v) is 11.6. The molecule has 2 rings (SSSR count). The van der Waals surface area contributed by atoms with E-state index >= 15 is 0 Å². The first-order chi connectivity index (χ1) is 9.60. The number of rotatable bonds is 4. The number of hydrogen-bond acceptors (Lipinski definition) is 2. The van der Waals surface area contributed by atoms with Gasteiger partial charge in [-0.05, 0) is 35.9 Å². The highest BCUT2D eigenvalue weighted by Crippen LogP contribution is 2.20. The number of anilines is 1. The van der Waals surface area contributed by atoms with Crippen molar-refractivity contribution < 1.29 is 13.9 Å². The molecule has 2 aromatic carbocycles. The van der Waals surface area contributed by atoms with Crippen molar-refractivity contribution in [2.75, 3.05) is 12.4 Å². The number of halogens is 2. The largest absolute Gasteiger partial charge is 0.380 e. The Morgan fingerprint density at radius 2 is 2.10 bits per heavy atom. The van der Waals surface area contributed by atoms with E-state index < -0.39 is 5.82 Å². The van der Waals surface area contributed by atoms with Crippen LogP contribution in [-0.2, 0) is 11.3 Å². The number of nitrogens with one attached hydrogen (secondary N) is 1. The van der Waals surface area contributed by atoms with Gasteiger partial charge in [-0.1, -0.05) is 23.7 Å². The first-order valence-electron chi connectivity index (χ1n) is 5.94. The van der Waals surface area contributed by atoms with Crippen LogP contribution in [0, 0.1) is 5.82 Å². The normalized spacial score (nSPS) is 10.3. The molecule has 0 bridgehead atoms. The lowest BCUT2D eigenvalue weighted by Crippen LogP contribution is -2.12. The summed E-state index contributed by atoms with van der Waals surface area (Å²) in [5, 5.41) is 2.63. The minimum Gasteiger partial charge on any atom is -0.380 e. The van der Waals surface area contributed by atoms with Gasteiger partial charge in [0.1, 0.15) is 5.82 Å². The Balaban J connectivity index is 2.15. The molecule has 1 amide bonds. The van der Waals surface area contributed by atoms with E-state index in [9.17, 15) is 9.18 Å². The minimum absolute atomic E-state index is 0.0315. The van der Waals surface area contributed by atoms with Gasteiger partial charge in [0.25, 0.3) is 5.91 Å². The van der Waals surface area contributed by atoms with Crippen molar-refractivity contribution in [3.8, 4) is 0 Å². The average molecular weight is 294 g/mol. The van der Waals surface area contributed by atoms with Gasteiger partial charge >= 0.3 is 0 Å². The summed E-state index contributed by atoms with van der Waals surface area (Å²) in [6, 6.07) is 11.1. The number of hydrogen-bond donors (Lipinski definition) is 1. The predicted molar refractivity (Wildman–Crippen MR) is 76.5 cm³/mol. The summed E-state index contributed by atoms with van der Waals surface area (Å²) in [7, 11) is 1.59. The molecule has 20 heavy (non-hydrogen) atoms. The summed E-state index contributed by atoms with van der Waals surface area (Å²) < 4.78 is 18.1. The summed E-state index contributed by atoms with van der Waals surface area (Å²) in [5.74, 6) is -0.808. The van der Waals surface area contributed by atoms with E-state index in [1.807, 2.05) is 6.07 Å². The van der Waals surface area contributed by atoms with Gasteiger partial charge < -0.3 is 10.1 Å². The van der Waals surface area contributed by atoms with E-state index in [4.69, 9.17) is 16.3 Å². The molecular formula is C15H13ClFNO2. The van der Waals surface area contributed by atoms with Crippen LogP contribution >= 0.6 is 11.6 Å². The van der Waals surface area contributed by atoms with E-state index in [2.05, 4.69) is 5.32 Å². The minimum atomic E-state index is -0.522. The molecule has 0 saturated carbocycles. The van der Waals surface area contributed by atoms with Crippen LogP contribution in [-0.4, -0.2) is 13.0 Å². The summed E-state index contributed by atoms with van der Waals surface area (Å²) in [4.78, 5) is 12.1. The summed E-state index contributed by atoms with van der Waals surface area (Å²) in [5.41, 5.74) is 1.84. The highest BCUT2D eigenvalue weighted by atomic mass is 35.5. The Bertz CT molecular complexity index is 631. The van der Waals surface area contributed by atoms with Crippen LogP contribution in [0.2, 0.25) is 5.02 Å². The predicted octanol–water partition coefficient (Wildman–Crippen LogP) is 3.88. The number of ether oxygens (including phenoxy) is 1. The average Bonchev–Trinajstić information content (AvgIpc) is 2.43. The Kier molecular flexibility index (Phi) is 4.71. The van der Waals surface area contributed by atoms with Crippen LogP contribution in [0.5, 0.6) is 0 Å². The Morgan fingerprint density at radius 3 is 2.80 bits per heavy atom. The third-order valence-corrected chi connectivity index (χ3v) is 2.97. The lowest BCUT2D eigenvalue weighted by Gasteiger charge is -2.07. The number of amides is 1. The molecule has 0 aliphatic rings. The maximum atomic E-state index is 13.0. The highest BCUT2D eigenvalue weighted by Gasteiger charge is 2.08. The second-order valence-electron chi connectivity index (χ2n) is 4.22. The molecule has 0 aromatic heterocycles. The molecule has 0 atom stereocenters. The second-order valence-corrected chi connectivity index (χ2v) is 4.62. The zero-order valence-electron chi connectivity index (χ0n) is 10.8. The molecule has 3 nitrogen and oxygen atoms in total. The zero-order chi connectivity index (χ0) is 14.5. The molecule has 1 N–H and O–H groups in total. The molecule has 0 saturated heterocycles. The lowest BCUT2D eigenvalue weighted by molar-refractivity contribution is 0.102. The molecule has 0 radical (unpaired) electrons. The molecule has 0 spiro atoms. The second kappa shape index (κ2) is 6.50. The van der Waals surface area contributed by atoms with Crippen molar-refractivity contribution in [3.63, 3.8) is 0 Å². The van der Waals surface area contributed by atoms with Crippen LogP contribution in [0.1, 0.15) is 15.9 Å². The van der Waals surface area contributed by atoms with E-state index in [1.165, 1.54) is 18.2 Å². The fourth-order valence-corrected chi connectivity index (χ4v) is 1.93. The topological polar surface area (TPSA) is 38.3 Å². The molecule has 0 unspecified atom stereocenters. The van der Waals surface area contributed by atoms with Crippen molar-refractivity contribution >= 4 is 23.2 Å². The maximum Gasteiger partial charge on any atom is 0.255 e. The SMILES string of the molecule is COCc1cccc(C(=O)Nc2ccc(F)c(Cl)c2)c1. The number of carbonyl (C=O) groups is 1. The molecule has 5 heteroatoms. The van der Waals surface area contributed by atoms with Crippen molar-refractivity contribution in [2.24, 2.45) is 0 Å². The monoisotopic (exact) mass is 293 g/mol. The van der Waals surface area contributed by atoms with Gasteiger partial charge in [-0.2, -0.15) is 0 Å². The van der Waals surface area contributed by atoms with E-state index in [0.29, 0.717) is 17.9 Å². The quantitative estimate of drug-likeness (QED) is 0.929. The van der Waals surface area contributed by atoms with Gasteiger partial charge in [0.15, 0.2) is 0 Å². The molecule has 2 aromatic rings. The molecule has 0 aliphatic heterocycles. The molecule has 0 heterocycles. The number of methoxy groups -OCH3 is 1. The first kappa shape index (κ1) is 14.5. The van der Waals surface area contributed by atoms with Gasteiger partial charge in [0.2, 0.25) is 0 Å². The number of carbonyl (C=O) groups excluding carboxylic acids is 1. The van der Waals surface area contributed by atoms with Gasteiger partial charge in [-0.3, -0.25) is 4.79 Å². The Labute approximate surface area is 121 Å². The van der Waals surface area contributed by atoms with Gasteiger partial charge in [-0.25, -0.2) is 4.39 Å². The fourth-order valence-electron chi connectivity index (χ4n) is 1.75. The number of benzene rings is 2. The first-order valence-corrected chi connectivity index (χ1v) is 6.32. The molecule has 0 aliphatic carbocycles. The Morgan fingerprint density at radius 1 is 1.30 bits per heavy atom. The Hall–Kier alpha value is -1.91. The van der Waals surface area contributed by atoms with Crippen LogP contribution in [0.3, 0.4) is 0 Å². The van der Waals surface area contributed by atoms with E-state index in [0.717, 1.165) is 5.56 Å². The third kappa shape index (κ3) is 3.56. The maximum absolute atomic E-state index is 13.0. The fraction of sp³-hybridized carbons (Fsp3) is 0.133. The standard InChI is InChI=1S/C15H13ClFNO2/c1-20-9-10-3-2-4-11(7-10)15(19)18-12-5-6-14(17)13(16)8-12/h2-8H,9H2,1H3,(H,18,19). The third-order valence-electron chi connectivity index (χ3n) is 2.68. The van der Waals surface area contributed by atoms with Crippen LogP contribution in [0.15, 0.2) is 42.5 Å². The van der Waals surface area contributed by atoms with Crippen LogP contribution in [0.4, 0.5) is 10.1 Å². The van der Waals surface area contributed by atoms with E-state index in [-0.39, 0.29) is 10.9 Å². The van der Waals surface area contributed by atoms with Crippen molar-refractivity contribution in [1.82, 2.24) is 0 Å².